The van der Waals surface area contributed by atoms with Crippen LogP contribution < -0.4 is 10.1 Å². The van der Waals surface area contributed by atoms with E-state index >= 15 is 0 Å². The highest BCUT2D eigenvalue weighted by Gasteiger charge is 2.25. The minimum absolute atomic E-state index is 0.348. The van der Waals surface area contributed by atoms with Crippen LogP contribution >= 0.6 is 15.9 Å². The summed E-state index contributed by atoms with van der Waals surface area (Å²) in [5.74, 6) is 1.65. The second-order valence-corrected chi connectivity index (χ2v) is 7.20. The molecule has 0 aliphatic rings. The summed E-state index contributed by atoms with van der Waals surface area (Å²) >= 11 is 3.48. The van der Waals surface area contributed by atoms with Gasteiger partial charge in [0.05, 0.1) is 6.61 Å². The van der Waals surface area contributed by atoms with Crippen LogP contribution in [-0.2, 0) is 0 Å². The molecule has 0 radical (unpaired) electrons. The normalized spacial score (nSPS) is 11.9. The molecule has 0 aliphatic carbocycles. The molecule has 0 heterocycles. The van der Waals surface area contributed by atoms with Crippen LogP contribution in [0.1, 0.15) is 47.0 Å². The lowest BCUT2D eigenvalue weighted by molar-refractivity contribution is 0.173. The van der Waals surface area contributed by atoms with Gasteiger partial charge in [-0.05, 0) is 55.3 Å². The first kappa shape index (κ1) is 18.5. The molecule has 0 amide bonds. The summed E-state index contributed by atoms with van der Waals surface area (Å²) in [5.41, 5.74) is 0.348. The van der Waals surface area contributed by atoms with Gasteiger partial charge in [0.25, 0.3) is 0 Å². The fourth-order valence-corrected chi connectivity index (χ4v) is 2.89. The zero-order valence-electron chi connectivity index (χ0n) is 13.9. The van der Waals surface area contributed by atoms with Gasteiger partial charge in [0.1, 0.15) is 5.75 Å². The summed E-state index contributed by atoms with van der Waals surface area (Å²) in [6.45, 7) is 12.0. The number of ether oxygens (including phenoxy) is 1. The van der Waals surface area contributed by atoms with Gasteiger partial charge in [0.15, 0.2) is 0 Å². The predicted octanol–water partition coefficient (Wildman–Crippen LogP) is 5.27. The molecule has 1 N–H and O–H groups in total. The summed E-state index contributed by atoms with van der Waals surface area (Å²) in [5, 5.41) is 3.62. The molecule has 0 saturated carbocycles. The molecule has 21 heavy (non-hydrogen) atoms. The fourth-order valence-electron chi connectivity index (χ4n) is 2.51. The first-order valence-electron chi connectivity index (χ1n) is 8.10. The Kier molecular flexibility index (Phi) is 8.35. The van der Waals surface area contributed by atoms with E-state index in [0.29, 0.717) is 11.3 Å². The minimum Gasteiger partial charge on any atom is -0.494 e. The van der Waals surface area contributed by atoms with Gasteiger partial charge in [0.2, 0.25) is 0 Å². The van der Waals surface area contributed by atoms with Crippen molar-refractivity contribution in [2.75, 3.05) is 19.7 Å². The van der Waals surface area contributed by atoms with Crippen LogP contribution in [0.2, 0.25) is 0 Å². The summed E-state index contributed by atoms with van der Waals surface area (Å²) in [4.78, 5) is 0. The molecular formula is C18H30BrNO. The molecule has 0 atom stereocenters. The average molecular weight is 356 g/mol. The van der Waals surface area contributed by atoms with E-state index in [1.807, 2.05) is 24.3 Å². The van der Waals surface area contributed by atoms with E-state index in [9.17, 15) is 0 Å². The summed E-state index contributed by atoms with van der Waals surface area (Å²) < 4.78 is 6.98. The van der Waals surface area contributed by atoms with Crippen LogP contribution in [0.25, 0.3) is 0 Å². The van der Waals surface area contributed by atoms with Crippen molar-refractivity contribution < 1.29 is 4.74 Å². The Morgan fingerprint density at radius 3 is 2.52 bits per heavy atom. The minimum atomic E-state index is 0.348. The molecule has 0 spiro atoms. The van der Waals surface area contributed by atoms with Crippen LogP contribution in [0.5, 0.6) is 5.75 Å². The van der Waals surface area contributed by atoms with Crippen molar-refractivity contribution in [3.8, 4) is 5.75 Å². The van der Waals surface area contributed by atoms with Gasteiger partial charge in [-0.3, -0.25) is 0 Å². The van der Waals surface area contributed by atoms with Gasteiger partial charge < -0.3 is 10.1 Å². The monoisotopic (exact) mass is 355 g/mol. The lowest BCUT2D eigenvalue weighted by Crippen LogP contribution is -2.36. The van der Waals surface area contributed by atoms with E-state index in [2.05, 4.69) is 48.9 Å². The van der Waals surface area contributed by atoms with E-state index in [4.69, 9.17) is 4.74 Å². The third-order valence-electron chi connectivity index (χ3n) is 4.25. The third-order valence-corrected chi connectivity index (χ3v) is 4.74. The first-order valence-corrected chi connectivity index (χ1v) is 8.89. The van der Waals surface area contributed by atoms with Crippen molar-refractivity contribution in [1.29, 1.82) is 0 Å². The number of benzene rings is 1. The maximum Gasteiger partial charge on any atom is 0.120 e. The predicted molar refractivity (Wildman–Crippen MR) is 95.0 cm³/mol. The molecule has 0 fully saturated rings. The van der Waals surface area contributed by atoms with Crippen molar-refractivity contribution >= 4 is 15.9 Å². The molecule has 1 aromatic carbocycles. The third kappa shape index (κ3) is 6.84. The number of halogens is 1. The summed E-state index contributed by atoms with van der Waals surface area (Å²) in [6.07, 6.45) is 3.48. The zero-order valence-corrected chi connectivity index (χ0v) is 15.5. The second-order valence-electron chi connectivity index (χ2n) is 6.29. The molecule has 0 aliphatic heterocycles. The lowest BCUT2D eigenvalue weighted by atomic mass is 9.79. The standard InChI is InChI=1S/C18H30BrNO/c1-5-18(6-2,14-20-13-15(3)4)10-11-21-17-9-7-8-16(19)12-17/h7-9,12,15,20H,5-6,10-11,13-14H2,1-4H3. The molecule has 2 nitrogen and oxygen atoms in total. The van der Waals surface area contributed by atoms with Crippen molar-refractivity contribution in [2.45, 2.75) is 47.0 Å². The topological polar surface area (TPSA) is 21.3 Å². The SMILES string of the molecule is CCC(CC)(CCOc1cccc(Br)c1)CNCC(C)C. The van der Waals surface area contributed by atoms with Gasteiger partial charge in [-0.2, -0.15) is 0 Å². The van der Waals surface area contributed by atoms with Crippen molar-refractivity contribution in [2.24, 2.45) is 11.3 Å². The summed E-state index contributed by atoms with van der Waals surface area (Å²) in [6, 6.07) is 8.07. The largest absolute Gasteiger partial charge is 0.494 e. The van der Waals surface area contributed by atoms with E-state index in [1.54, 1.807) is 0 Å². The lowest BCUT2D eigenvalue weighted by Gasteiger charge is -2.32. The number of hydrogen-bond acceptors (Lipinski definition) is 2. The molecule has 0 saturated heterocycles. The van der Waals surface area contributed by atoms with Crippen LogP contribution in [0, 0.1) is 11.3 Å². The molecule has 0 unspecified atom stereocenters. The van der Waals surface area contributed by atoms with Crippen molar-refractivity contribution in [3.05, 3.63) is 28.7 Å². The number of rotatable bonds is 10. The smallest absolute Gasteiger partial charge is 0.120 e. The quantitative estimate of drug-likeness (QED) is 0.617. The number of hydrogen-bond donors (Lipinski definition) is 1. The van der Waals surface area contributed by atoms with Crippen LogP contribution in [0.15, 0.2) is 28.7 Å². The Hall–Kier alpha value is -0.540. The highest BCUT2D eigenvalue weighted by Crippen LogP contribution is 2.30. The molecular weight excluding hydrogens is 326 g/mol. The van der Waals surface area contributed by atoms with Crippen LogP contribution in [0.4, 0.5) is 0 Å². The van der Waals surface area contributed by atoms with E-state index in [0.717, 1.165) is 36.3 Å². The molecule has 3 heteroatoms. The van der Waals surface area contributed by atoms with Gasteiger partial charge in [-0.1, -0.05) is 49.7 Å². The Morgan fingerprint density at radius 2 is 1.95 bits per heavy atom. The second kappa shape index (κ2) is 9.47. The maximum absolute atomic E-state index is 5.92. The van der Waals surface area contributed by atoms with Gasteiger partial charge in [-0.15, -0.1) is 0 Å². The van der Waals surface area contributed by atoms with Gasteiger partial charge in [0, 0.05) is 11.0 Å². The Morgan fingerprint density at radius 1 is 1.24 bits per heavy atom. The molecule has 0 aromatic heterocycles. The summed E-state index contributed by atoms with van der Waals surface area (Å²) in [7, 11) is 0. The Bertz CT molecular complexity index is 402. The zero-order chi connectivity index (χ0) is 15.7. The maximum atomic E-state index is 5.92. The average Bonchev–Trinajstić information content (AvgIpc) is 2.45. The van der Waals surface area contributed by atoms with Crippen molar-refractivity contribution in [3.63, 3.8) is 0 Å². The highest BCUT2D eigenvalue weighted by atomic mass is 79.9. The van der Waals surface area contributed by atoms with Crippen LogP contribution in [0.3, 0.4) is 0 Å². The number of nitrogens with one attached hydrogen (secondary N) is 1. The first-order chi connectivity index (χ1) is 10.0. The van der Waals surface area contributed by atoms with Crippen molar-refractivity contribution in [1.82, 2.24) is 5.32 Å². The Balaban J connectivity index is 2.46. The van der Waals surface area contributed by atoms with Crippen LogP contribution in [-0.4, -0.2) is 19.7 Å². The van der Waals surface area contributed by atoms with E-state index < -0.39 is 0 Å². The van der Waals surface area contributed by atoms with E-state index in [-0.39, 0.29) is 0 Å². The molecule has 0 bridgehead atoms. The Labute approximate surface area is 138 Å². The van der Waals surface area contributed by atoms with E-state index in [1.165, 1.54) is 12.8 Å². The van der Waals surface area contributed by atoms with Gasteiger partial charge >= 0.3 is 0 Å². The molecule has 1 aromatic rings. The molecule has 1 rings (SSSR count). The van der Waals surface area contributed by atoms with Gasteiger partial charge in [-0.25, -0.2) is 0 Å². The highest BCUT2D eigenvalue weighted by molar-refractivity contribution is 9.10. The fraction of sp³-hybridized carbons (Fsp3) is 0.667. The molecule has 120 valence electrons.